The number of ether oxygens (including phenoxy) is 2. The molecular weight excluding hydrogens is 206 g/mol. The minimum atomic E-state index is -0.541. The van der Waals surface area contributed by atoms with E-state index in [0.717, 1.165) is 12.0 Å². The highest BCUT2D eigenvalue weighted by molar-refractivity contribution is 5.49. The van der Waals surface area contributed by atoms with Crippen molar-refractivity contribution in [3.63, 3.8) is 0 Å². The van der Waals surface area contributed by atoms with Crippen LogP contribution < -0.4 is 15.2 Å². The molecule has 2 rings (SSSR count). The predicted molar refractivity (Wildman–Crippen MR) is 60.4 cm³/mol. The fourth-order valence-corrected chi connectivity index (χ4v) is 1.90. The van der Waals surface area contributed by atoms with Crippen molar-refractivity contribution in [1.29, 1.82) is 0 Å². The highest BCUT2D eigenvalue weighted by Gasteiger charge is 2.24. The third-order valence-electron chi connectivity index (χ3n) is 2.79. The van der Waals surface area contributed by atoms with E-state index in [1.165, 1.54) is 0 Å². The molecule has 1 aromatic rings. The van der Waals surface area contributed by atoms with E-state index in [-0.39, 0.29) is 6.79 Å². The van der Waals surface area contributed by atoms with Gasteiger partial charge in [0.15, 0.2) is 11.5 Å². The van der Waals surface area contributed by atoms with Gasteiger partial charge < -0.3 is 20.3 Å². The second-order valence-electron chi connectivity index (χ2n) is 3.96. The fourth-order valence-electron chi connectivity index (χ4n) is 1.90. The van der Waals surface area contributed by atoms with Crippen LogP contribution in [0, 0.1) is 0 Å². The van der Waals surface area contributed by atoms with Gasteiger partial charge in [0, 0.05) is 5.56 Å². The van der Waals surface area contributed by atoms with Crippen LogP contribution in [0.2, 0.25) is 0 Å². The van der Waals surface area contributed by atoms with Crippen molar-refractivity contribution in [2.24, 2.45) is 5.73 Å². The first kappa shape index (κ1) is 11.2. The van der Waals surface area contributed by atoms with Gasteiger partial charge in [0.1, 0.15) is 0 Å². The minimum absolute atomic E-state index is 0.225. The van der Waals surface area contributed by atoms with Gasteiger partial charge in [0.25, 0.3) is 0 Å². The summed E-state index contributed by atoms with van der Waals surface area (Å²) < 4.78 is 10.6. The number of hydrogen-bond acceptors (Lipinski definition) is 4. The van der Waals surface area contributed by atoms with Gasteiger partial charge in [0.05, 0.1) is 12.1 Å². The molecule has 1 aliphatic heterocycles. The van der Waals surface area contributed by atoms with Crippen LogP contribution in [-0.2, 0) is 0 Å². The van der Waals surface area contributed by atoms with E-state index in [1.54, 1.807) is 0 Å². The van der Waals surface area contributed by atoms with E-state index in [4.69, 9.17) is 15.2 Å². The molecule has 1 aromatic carbocycles. The number of aliphatic hydroxyl groups excluding tert-OH is 1. The predicted octanol–water partition coefficient (Wildman–Crippen LogP) is 1.58. The molecule has 1 aliphatic rings. The smallest absolute Gasteiger partial charge is 0.231 e. The monoisotopic (exact) mass is 223 g/mol. The van der Waals surface area contributed by atoms with E-state index < -0.39 is 12.1 Å². The average Bonchev–Trinajstić information content (AvgIpc) is 2.76. The standard InChI is InChI=1S/C12H17NO3/c1-2-4-9(14)11(13)8-5-3-6-10-12(8)16-7-15-10/h3,5-6,9,11,14H,2,4,7,13H2,1H3/t9-,11+/m1/s1. The summed E-state index contributed by atoms with van der Waals surface area (Å²) in [6, 6.07) is 5.15. The quantitative estimate of drug-likeness (QED) is 0.813. The van der Waals surface area contributed by atoms with Crippen LogP contribution in [-0.4, -0.2) is 18.0 Å². The Morgan fingerprint density at radius 3 is 3.00 bits per heavy atom. The number of rotatable bonds is 4. The number of benzene rings is 1. The van der Waals surface area contributed by atoms with Gasteiger partial charge in [-0.2, -0.15) is 0 Å². The summed E-state index contributed by atoms with van der Waals surface area (Å²) in [7, 11) is 0. The largest absolute Gasteiger partial charge is 0.454 e. The maximum Gasteiger partial charge on any atom is 0.231 e. The van der Waals surface area contributed by atoms with E-state index >= 15 is 0 Å². The van der Waals surface area contributed by atoms with Crippen molar-refractivity contribution >= 4 is 0 Å². The van der Waals surface area contributed by atoms with Gasteiger partial charge in [-0.05, 0) is 12.5 Å². The van der Waals surface area contributed by atoms with Crippen molar-refractivity contribution in [3.05, 3.63) is 23.8 Å². The van der Waals surface area contributed by atoms with Gasteiger partial charge in [-0.3, -0.25) is 0 Å². The lowest BCUT2D eigenvalue weighted by Gasteiger charge is -2.19. The first-order valence-electron chi connectivity index (χ1n) is 5.56. The summed E-state index contributed by atoms with van der Waals surface area (Å²) in [5, 5.41) is 9.88. The van der Waals surface area contributed by atoms with Crippen LogP contribution in [0.15, 0.2) is 18.2 Å². The summed E-state index contributed by atoms with van der Waals surface area (Å²) in [6.07, 6.45) is 1.05. The van der Waals surface area contributed by atoms with Gasteiger partial charge in [-0.1, -0.05) is 25.5 Å². The molecule has 1 heterocycles. The molecule has 0 spiro atoms. The Kier molecular flexibility index (Phi) is 3.31. The molecular formula is C12H17NO3. The van der Waals surface area contributed by atoms with Crippen molar-refractivity contribution in [2.75, 3.05) is 6.79 Å². The highest BCUT2D eigenvalue weighted by atomic mass is 16.7. The van der Waals surface area contributed by atoms with Crippen LogP contribution >= 0.6 is 0 Å². The van der Waals surface area contributed by atoms with Crippen molar-refractivity contribution in [1.82, 2.24) is 0 Å². The van der Waals surface area contributed by atoms with E-state index in [0.29, 0.717) is 17.9 Å². The molecule has 0 aliphatic carbocycles. The molecule has 4 heteroatoms. The molecule has 88 valence electrons. The first-order chi connectivity index (χ1) is 7.74. The molecule has 0 aromatic heterocycles. The Morgan fingerprint density at radius 2 is 2.25 bits per heavy atom. The summed E-state index contributed by atoms with van der Waals surface area (Å²) in [5.74, 6) is 1.38. The number of hydrogen-bond donors (Lipinski definition) is 2. The molecule has 0 saturated carbocycles. The van der Waals surface area contributed by atoms with Gasteiger partial charge in [0.2, 0.25) is 6.79 Å². The van der Waals surface area contributed by atoms with Crippen molar-refractivity contribution in [3.8, 4) is 11.5 Å². The molecule has 2 atom stereocenters. The maximum absolute atomic E-state index is 9.88. The minimum Gasteiger partial charge on any atom is -0.454 e. The van der Waals surface area contributed by atoms with Gasteiger partial charge >= 0.3 is 0 Å². The number of aliphatic hydroxyl groups is 1. The Labute approximate surface area is 95.0 Å². The number of nitrogens with two attached hydrogens (primary N) is 1. The zero-order chi connectivity index (χ0) is 11.5. The van der Waals surface area contributed by atoms with Crippen molar-refractivity contribution in [2.45, 2.75) is 31.9 Å². The fraction of sp³-hybridized carbons (Fsp3) is 0.500. The van der Waals surface area contributed by atoms with Crippen LogP contribution in [0.5, 0.6) is 11.5 Å². The van der Waals surface area contributed by atoms with E-state index in [2.05, 4.69) is 0 Å². The third kappa shape index (κ3) is 1.99. The Balaban J connectivity index is 2.23. The molecule has 16 heavy (non-hydrogen) atoms. The van der Waals surface area contributed by atoms with Crippen LogP contribution in [0.4, 0.5) is 0 Å². The average molecular weight is 223 g/mol. The maximum atomic E-state index is 9.88. The second-order valence-corrected chi connectivity index (χ2v) is 3.96. The third-order valence-corrected chi connectivity index (χ3v) is 2.79. The summed E-state index contributed by atoms with van der Waals surface area (Å²) in [6.45, 7) is 2.24. The molecule has 0 amide bonds. The Morgan fingerprint density at radius 1 is 1.44 bits per heavy atom. The lowest BCUT2D eigenvalue weighted by Crippen LogP contribution is -2.26. The van der Waals surface area contributed by atoms with E-state index in [9.17, 15) is 5.11 Å². The topological polar surface area (TPSA) is 64.7 Å². The molecule has 3 N–H and O–H groups in total. The first-order valence-corrected chi connectivity index (χ1v) is 5.56. The van der Waals surface area contributed by atoms with E-state index in [1.807, 2.05) is 25.1 Å². The molecule has 0 radical (unpaired) electrons. The second kappa shape index (κ2) is 4.72. The van der Waals surface area contributed by atoms with Crippen LogP contribution in [0.3, 0.4) is 0 Å². The summed E-state index contributed by atoms with van der Waals surface area (Å²) >= 11 is 0. The normalized spacial score (nSPS) is 17.2. The number of para-hydroxylation sites is 1. The zero-order valence-electron chi connectivity index (χ0n) is 9.35. The summed E-state index contributed by atoms with van der Waals surface area (Å²) in [5.41, 5.74) is 6.83. The zero-order valence-corrected chi connectivity index (χ0v) is 9.35. The molecule has 0 saturated heterocycles. The summed E-state index contributed by atoms with van der Waals surface area (Å²) in [4.78, 5) is 0. The van der Waals surface area contributed by atoms with Gasteiger partial charge in [-0.15, -0.1) is 0 Å². The van der Waals surface area contributed by atoms with Crippen LogP contribution in [0.25, 0.3) is 0 Å². The lowest BCUT2D eigenvalue weighted by molar-refractivity contribution is 0.131. The van der Waals surface area contributed by atoms with Crippen LogP contribution in [0.1, 0.15) is 31.4 Å². The van der Waals surface area contributed by atoms with Crippen molar-refractivity contribution < 1.29 is 14.6 Å². The SMILES string of the molecule is CCC[C@@H](O)[C@@H](N)c1cccc2c1OCO2. The number of fused-ring (bicyclic) bond motifs is 1. The Bertz CT molecular complexity index is 367. The lowest BCUT2D eigenvalue weighted by atomic mass is 9.98. The molecule has 0 unspecified atom stereocenters. The highest BCUT2D eigenvalue weighted by Crippen LogP contribution is 2.38. The molecule has 4 nitrogen and oxygen atoms in total. The molecule has 0 fully saturated rings. The molecule has 0 bridgehead atoms. The van der Waals surface area contributed by atoms with Gasteiger partial charge in [-0.25, -0.2) is 0 Å². The Hall–Kier alpha value is -1.26.